The van der Waals surface area contributed by atoms with Crippen LogP contribution < -0.4 is 9.04 Å². The number of piperazine rings is 1. The number of sulfonamides is 2. The van der Waals surface area contributed by atoms with Crippen molar-refractivity contribution in [2.24, 2.45) is 0 Å². The Labute approximate surface area is 155 Å². The van der Waals surface area contributed by atoms with Gasteiger partial charge in [0, 0.05) is 32.7 Å². The number of hydrogen-bond donors (Lipinski definition) is 0. The molecule has 0 radical (unpaired) electrons. The van der Waals surface area contributed by atoms with Crippen molar-refractivity contribution in [2.45, 2.75) is 17.7 Å². The quantitative estimate of drug-likeness (QED) is 0.730. The first kappa shape index (κ1) is 19.4. The van der Waals surface area contributed by atoms with Crippen LogP contribution in [0.15, 0.2) is 23.1 Å². The Morgan fingerprint density at radius 2 is 1.73 bits per heavy atom. The standard InChI is InChI=1S/C16H25N3O5S2/c1-17-8-10-18(11-9-17)26(22,23)16-13-14(5-6-15(16)24-2)19-7-3-4-12-25(19,20)21/h5-6,13H,3-4,7-12H2,1-2H3. The zero-order valence-corrected chi connectivity index (χ0v) is 16.7. The molecule has 10 heteroatoms. The van der Waals surface area contributed by atoms with Crippen LogP contribution in [0.4, 0.5) is 5.69 Å². The molecule has 0 atom stereocenters. The Morgan fingerprint density at radius 1 is 1.04 bits per heavy atom. The summed E-state index contributed by atoms with van der Waals surface area (Å²) in [6.45, 7) is 2.47. The van der Waals surface area contributed by atoms with E-state index < -0.39 is 20.0 Å². The van der Waals surface area contributed by atoms with E-state index in [0.717, 1.165) is 6.42 Å². The summed E-state index contributed by atoms with van der Waals surface area (Å²) in [6, 6.07) is 4.56. The van der Waals surface area contributed by atoms with Crippen molar-refractivity contribution in [3.05, 3.63) is 18.2 Å². The highest BCUT2D eigenvalue weighted by Gasteiger charge is 2.32. The third-order valence-corrected chi connectivity index (χ3v) is 8.65. The molecule has 0 bridgehead atoms. The third kappa shape index (κ3) is 3.68. The average molecular weight is 404 g/mol. The van der Waals surface area contributed by atoms with Gasteiger partial charge in [0.1, 0.15) is 10.6 Å². The van der Waals surface area contributed by atoms with Gasteiger partial charge in [0.25, 0.3) is 0 Å². The molecular formula is C16H25N3O5S2. The molecule has 2 saturated heterocycles. The maximum Gasteiger partial charge on any atom is 0.246 e. The van der Waals surface area contributed by atoms with Gasteiger partial charge in [0.2, 0.25) is 20.0 Å². The van der Waals surface area contributed by atoms with E-state index in [1.165, 1.54) is 27.9 Å². The van der Waals surface area contributed by atoms with Crippen LogP contribution in [0.1, 0.15) is 12.8 Å². The largest absolute Gasteiger partial charge is 0.495 e. The Bertz CT molecular complexity index is 862. The second-order valence-corrected chi connectivity index (χ2v) is 10.6. The van der Waals surface area contributed by atoms with Crippen LogP contribution in [-0.4, -0.2) is 78.7 Å². The first-order valence-corrected chi connectivity index (χ1v) is 11.7. The van der Waals surface area contributed by atoms with Gasteiger partial charge in [-0.1, -0.05) is 0 Å². The van der Waals surface area contributed by atoms with E-state index in [0.29, 0.717) is 44.8 Å². The minimum atomic E-state index is -3.77. The fourth-order valence-electron chi connectivity index (χ4n) is 3.27. The highest BCUT2D eigenvalue weighted by atomic mass is 32.2. The smallest absolute Gasteiger partial charge is 0.246 e. The molecule has 1 aromatic carbocycles. The van der Waals surface area contributed by atoms with Gasteiger partial charge in [-0.2, -0.15) is 4.31 Å². The first-order chi connectivity index (χ1) is 12.3. The molecule has 2 aliphatic rings. The van der Waals surface area contributed by atoms with Gasteiger partial charge >= 0.3 is 0 Å². The summed E-state index contributed by atoms with van der Waals surface area (Å²) in [5.74, 6) is 0.307. The van der Waals surface area contributed by atoms with Crippen LogP contribution in [-0.2, 0) is 20.0 Å². The number of likely N-dealkylation sites (N-methyl/N-ethyl adjacent to an activating group) is 1. The molecule has 3 rings (SSSR count). The molecule has 146 valence electrons. The summed E-state index contributed by atoms with van der Waals surface area (Å²) in [6.07, 6.45) is 1.38. The molecule has 0 spiro atoms. The van der Waals surface area contributed by atoms with E-state index in [2.05, 4.69) is 4.90 Å². The van der Waals surface area contributed by atoms with E-state index >= 15 is 0 Å². The van der Waals surface area contributed by atoms with E-state index in [1.807, 2.05) is 7.05 Å². The third-order valence-electron chi connectivity index (χ3n) is 4.86. The zero-order valence-electron chi connectivity index (χ0n) is 15.1. The lowest BCUT2D eigenvalue weighted by atomic mass is 10.2. The van der Waals surface area contributed by atoms with Crippen molar-refractivity contribution >= 4 is 25.7 Å². The molecule has 0 aliphatic carbocycles. The van der Waals surface area contributed by atoms with E-state index in [9.17, 15) is 16.8 Å². The predicted octanol–water partition coefficient (Wildman–Crippen LogP) is 0.561. The minimum Gasteiger partial charge on any atom is -0.495 e. The molecule has 2 fully saturated rings. The van der Waals surface area contributed by atoms with Crippen LogP contribution in [0.2, 0.25) is 0 Å². The minimum absolute atomic E-state index is 0.0165. The van der Waals surface area contributed by atoms with Gasteiger partial charge < -0.3 is 9.64 Å². The molecule has 2 heterocycles. The Balaban J connectivity index is 2.00. The number of rotatable bonds is 4. The maximum absolute atomic E-state index is 13.1. The Morgan fingerprint density at radius 3 is 2.35 bits per heavy atom. The summed E-state index contributed by atoms with van der Waals surface area (Å²) in [5.41, 5.74) is 0.373. The number of methoxy groups -OCH3 is 1. The average Bonchev–Trinajstić information content (AvgIpc) is 2.61. The molecule has 1 aromatic rings. The van der Waals surface area contributed by atoms with Gasteiger partial charge in [0.05, 0.1) is 18.6 Å². The fourth-order valence-corrected chi connectivity index (χ4v) is 6.50. The molecule has 0 saturated carbocycles. The topological polar surface area (TPSA) is 87.2 Å². The molecule has 0 unspecified atom stereocenters. The molecule has 26 heavy (non-hydrogen) atoms. The first-order valence-electron chi connectivity index (χ1n) is 8.63. The highest BCUT2D eigenvalue weighted by Crippen LogP contribution is 2.33. The Kier molecular flexibility index (Phi) is 5.48. The molecule has 8 nitrogen and oxygen atoms in total. The lowest BCUT2D eigenvalue weighted by Gasteiger charge is -2.32. The Hall–Kier alpha value is -1.36. The van der Waals surface area contributed by atoms with Crippen molar-refractivity contribution in [3.63, 3.8) is 0 Å². The monoisotopic (exact) mass is 403 g/mol. The van der Waals surface area contributed by atoms with Gasteiger partial charge in [-0.3, -0.25) is 4.31 Å². The van der Waals surface area contributed by atoms with E-state index in [4.69, 9.17) is 4.74 Å². The summed E-state index contributed by atoms with van der Waals surface area (Å²) in [4.78, 5) is 2.09. The van der Waals surface area contributed by atoms with Gasteiger partial charge in [-0.15, -0.1) is 0 Å². The fraction of sp³-hybridized carbons (Fsp3) is 0.625. The van der Waals surface area contributed by atoms with Crippen LogP contribution in [0.3, 0.4) is 0 Å². The van der Waals surface area contributed by atoms with Gasteiger partial charge in [-0.25, -0.2) is 16.8 Å². The lowest BCUT2D eigenvalue weighted by Crippen LogP contribution is -2.47. The SMILES string of the molecule is COc1ccc(N2CCCCS2(=O)=O)cc1S(=O)(=O)N1CCN(C)CC1. The van der Waals surface area contributed by atoms with Gasteiger partial charge in [-0.05, 0) is 38.1 Å². The molecule has 2 aliphatic heterocycles. The lowest BCUT2D eigenvalue weighted by molar-refractivity contribution is 0.222. The van der Waals surface area contributed by atoms with Crippen molar-refractivity contribution < 1.29 is 21.6 Å². The summed E-state index contributed by atoms with van der Waals surface area (Å²) in [7, 11) is -3.82. The molecule has 0 amide bonds. The van der Waals surface area contributed by atoms with E-state index in [1.54, 1.807) is 6.07 Å². The maximum atomic E-state index is 13.1. The number of nitrogens with zero attached hydrogens (tertiary/aromatic N) is 3. The second kappa shape index (κ2) is 7.34. The van der Waals surface area contributed by atoms with Crippen molar-refractivity contribution in [2.75, 3.05) is 56.9 Å². The number of benzene rings is 1. The molecule has 0 aromatic heterocycles. The summed E-state index contributed by atoms with van der Waals surface area (Å²) < 4.78 is 59.0. The van der Waals surface area contributed by atoms with Crippen LogP contribution in [0.25, 0.3) is 0 Å². The molecule has 0 N–H and O–H groups in total. The normalized spacial score (nSPS) is 22.3. The highest BCUT2D eigenvalue weighted by molar-refractivity contribution is 7.92. The van der Waals surface area contributed by atoms with E-state index in [-0.39, 0.29) is 16.4 Å². The van der Waals surface area contributed by atoms with Crippen molar-refractivity contribution in [1.29, 1.82) is 0 Å². The number of hydrogen-bond acceptors (Lipinski definition) is 6. The number of ether oxygens (including phenoxy) is 1. The second-order valence-electron chi connectivity index (χ2n) is 6.64. The van der Waals surface area contributed by atoms with Crippen molar-refractivity contribution in [1.82, 2.24) is 9.21 Å². The summed E-state index contributed by atoms with van der Waals surface area (Å²) >= 11 is 0. The predicted molar refractivity (Wildman–Crippen MR) is 99.6 cm³/mol. The van der Waals surface area contributed by atoms with Crippen LogP contribution in [0, 0.1) is 0 Å². The zero-order chi connectivity index (χ0) is 18.9. The van der Waals surface area contributed by atoms with Crippen LogP contribution >= 0.6 is 0 Å². The summed E-state index contributed by atoms with van der Waals surface area (Å²) in [5, 5.41) is 0. The van der Waals surface area contributed by atoms with Crippen molar-refractivity contribution in [3.8, 4) is 5.75 Å². The molecular weight excluding hydrogens is 378 g/mol. The van der Waals surface area contributed by atoms with Gasteiger partial charge in [0.15, 0.2) is 0 Å². The number of anilines is 1. The van der Waals surface area contributed by atoms with Crippen LogP contribution in [0.5, 0.6) is 5.75 Å².